The van der Waals surface area contributed by atoms with Gasteiger partial charge in [-0.05, 0) is 13.3 Å². The summed E-state index contributed by atoms with van der Waals surface area (Å²) in [5, 5.41) is 8.36. The highest BCUT2D eigenvalue weighted by atomic mass is 32.2. The Morgan fingerprint density at radius 2 is 2.09 bits per heavy atom. The van der Waals surface area contributed by atoms with Crippen molar-refractivity contribution in [1.29, 1.82) is 0 Å². The van der Waals surface area contributed by atoms with E-state index in [4.69, 9.17) is 5.11 Å². The molecule has 0 atom stereocenters. The molecule has 0 saturated heterocycles. The maximum absolute atomic E-state index is 10.2. The molecule has 0 rings (SSSR count). The molecule has 4 heteroatoms. The van der Waals surface area contributed by atoms with Gasteiger partial charge in [-0.15, -0.1) is 0 Å². The van der Waals surface area contributed by atoms with Gasteiger partial charge >= 0.3 is 5.97 Å². The van der Waals surface area contributed by atoms with Crippen LogP contribution in [0.3, 0.4) is 0 Å². The predicted molar refractivity (Wildman–Crippen MR) is 52.4 cm³/mol. The number of carbonyl (C=O) groups is 1. The molecule has 0 aromatic carbocycles. The maximum Gasteiger partial charge on any atom is 0.303 e. The number of carboxylic acid groups (broad SMARTS) is 1. The second-order valence-corrected chi connectivity index (χ2v) is 3.57. The highest BCUT2D eigenvalue weighted by molar-refractivity contribution is 7.99. The number of carboxylic acids is 1. The third-order valence-corrected chi connectivity index (χ3v) is 1.99. The lowest BCUT2D eigenvalue weighted by atomic mass is 10.1. The van der Waals surface area contributed by atoms with Crippen LogP contribution >= 0.6 is 25.3 Å². The molecule has 0 aliphatic rings. The molecule has 0 bridgehead atoms. The lowest BCUT2D eigenvalue weighted by Gasteiger charge is -2.06. The van der Waals surface area contributed by atoms with Gasteiger partial charge < -0.3 is 5.11 Å². The van der Waals surface area contributed by atoms with Crippen LogP contribution in [-0.2, 0) is 4.79 Å². The lowest BCUT2D eigenvalue weighted by Crippen LogP contribution is -2.00. The zero-order valence-corrected chi connectivity index (χ0v) is 8.11. The minimum atomic E-state index is -0.785. The standard InChI is InChI=1S/C7H12O2S2/c1-2-5(7(10)11)3-4-6(8)9/h2,7,10-11H,3-4H2,1H3,(H,8,9). The normalized spacial score (nSPS) is 12.2. The first-order valence-corrected chi connectivity index (χ1v) is 4.34. The summed E-state index contributed by atoms with van der Waals surface area (Å²) in [6.07, 6.45) is 2.54. The van der Waals surface area contributed by atoms with Crippen molar-refractivity contribution < 1.29 is 9.90 Å². The molecular formula is C7H12O2S2. The molecule has 0 unspecified atom stereocenters. The van der Waals surface area contributed by atoms with Gasteiger partial charge in [0.15, 0.2) is 0 Å². The van der Waals surface area contributed by atoms with Crippen molar-refractivity contribution in [3.05, 3.63) is 11.6 Å². The second kappa shape index (κ2) is 5.55. The SMILES string of the molecule is CC=C(CCC(=O)O)C(S)S. The van der Waals surface area contributed by atoms with Gasteiger partial charge in [0, 0.05) is 6.42 Å². The van der Waals surface area contributed by atoms with Gasteiger partial charge in [-0.2, -0.15) is 25.3 Å². The third-order valence-electron chi connectivity index (χ3n) is 1.33. The summed E-state index contributed by atoms with van der Waals surface area (Å²) >= 11 is 8.16. The number of thiol groups is 2. The first kappa shape index (κ1) is 10.9. The fourth-order valence-electron chi connectivity index (χ4n) is 0.674. The van der Waals surface area contributed by atoms with Crippen LogP contribution < -0.4 is 0 Å². The number of rotatable bonds is 4. The van der Waals surface area contributed by atoms with Gasteiger partial charge in [-0.1, -0.05) is 11.6 Å². The predicted octanol–water partition coefficient (Wildman–Crippen LogP) is 1.98. The van der Waals surface area contributed by atoms with Crippen LogP contribution in [-0.4, -0.2) is 15.7 Å². The molecule has 11 heavy (non-hydrogen) atoms. The fraction of sp³-hybridized carbons (Fsp3) is 0.571. The first-order valence-electron chi connectivity index (χ1n) is 3.31. The van der Waals surface area contributed by atoms with Gasteiger partial charge in [0.05, 0.1) is 4.58 Å². The zero-order valence-electron chi connectivity index (χ0n) is 6.32. The summed E-state index contributed by atoms with van der Waals surface area (Å²) in [4.78, 5) is 10.2. The first-order chi connectivity index (χ1) is 5.07. The number of hydrogen-bond donors (Lipinski definition) is 3. The van der Waals surface area contributed by atoms with Crippen molar-refractivity contribution in [1.82, 2.24) is 0 Å². The van der Waals surface area contributed by atoms with E-state index in [-0.39, 0.29) is 11.0 Å². The molecule has 0 aromatic heterocycles. The molecule has 0 saturated carbocycles. The molecule has 1 N–H and O–H groups in total. The van der Waals surface area contributed by atoms with Crippen molar-refractivity contribution in [2.75, 3.05) is 0 Å². The molecule has 2 nitrogen and oxygen atoms in total. The van der Waals surface area contributed by atoms with Crippen molar-refractivity contribution in [2.45, 2.75) is 24.3 Å². The molecule has 0 amide bonds. The van der Waals surface area contributed by atoms with Crippen LogP contribution in [0.4, 0.5) is 0 Å². The molecular weight excluding hydrogens is 180 g/mol. The Balaban J connectivity index is 3.81. The number of hydrogen-bond acceptors (Lipinski definition) is 3. The van der Waals surface area contributed by atoms with Gasteiger partial charge in [0.1, 0.15) is 0 Å². The van der Waals surface area contributed by atoms with E-state index in [0.29, 0.717) is 6.42 Å². The van der Waals surface area contributed by atoms with Gasteiger partial charge in [0.2, 0.25) is 0 Å². The highest BCUT2D eigenvalue weighted by Crippen LogP contribution is 2.17. The average molecular weight is 192 g/mol. The van der Waals surface area contributed by atoms with Gasteiger partial charge in [-0.25, -0.2) is 0 Å². The van der Waals surface area contributed by atoms with Gasteiger partial charge in [0.25, 0.3) is 0 Å². The molecule has 0 aromatic rings. The van der Waals surface area contributed by atoms with E-state index >= 15 is 0 Å². The maximum atomic E-state index is 10.2. The van der Waals surface area contributed by atoms with Crippen LogP contribution in [0.5, 0.6) is 0 Å². The number of aliphatic carboxylic acids is 1. The second-order valence-electron chi connectivity index (χ2n) is 2.13. The van der Waals surface area contributed by atoms with E-state index in [1.165, 1.54) is 0 Å². The summed E-state index contributed by atoms with van der Waals surface area (Å²) in [5.41, 5.74) is 0.957. The molecule has 0 heterocycles. The van der Waals surface area contributed by atoms with E-state index in [9.17, 15) is 4.79 Å². The Bertz CT molecular complexity index is 164. The molecule has 0 aliphatic heterocycles. The minimum Gasteiger partial charge on any atom is -0.481 e. The van der Waals surface area contributed by atoms with E-state index in [1.807, 2.05) is 13.0 Å². The zero-order chi connectivity index (χ0) is 8.85. The summed E-state index contributed by atoms with van der Waals surface area (Å²) in [5.74, 6) is -0.785. The highest BCUT2D eigenvalue weighted by Gasteiger charge is 2.05. The van der Waals surface area contributed by atoms with Crippen molar-refractivity contribution >= 4 is 31.2 Å². The summed E-state index contributed by atoms with van der Waals surface area (Å²) < 4.78 is -0.139. The Labute approximate surface area is 77.5 Å². The largest absolute Gasteiger partial charge is 0.481 e. The summed E-state index contributed by atoms with van der Waals surface area (Å²) in [6.45, 7) is 1.86. The molecule has 64 valence electrons. The Morgan fingerprint density at radius 1 is 1.55 bits per heavy atom. The summed E-state index contributed by atoms with van der Waals surface area (Å²) in [6, 6.07) is 0. The Kier molecular flexibility index (Phi) is 5.50. The van der Waals surface area contributed by atoms with Crippen LogP contribution in [0.2, 0.25) is 0 Å². The van der Waals surface area contributed by atoms with Gasteiger partial charge in [-0.3, -0.25) is 4.79 Å². The lowest BCUT2D eigenvalue weighted by molar-refractivity contribution is -0.136. The topological polar surface area (TPSA) is 37.3 Å². The van der Waals surface area contributed by atoms with E-state index in [1.54, 1.807) is 0 Å². The van der Waals surface area contributed by atoms with Crippen LogP contribution in [0.1, 0.15) is 19.8 Å². The molecule has 0 spiro atoms. The average Bonchev–Trinajstić information content (AvgIpc) is 1.87. The molecule has 0 radical (unpaired) electrons. The summed E-state index contributed by atoms with van der Waals surface area (Å²) in [7, 11) is 0. The van der Waals surface area contributed by atoms with Crippen molar-refractivity contribution in [3.8, 4) is 0 Å². The fourth-order valence-corrected chi connectivity index (χ4v) is 1.23. The van der Waals surface area contributed by atoms with E-state index in [0.717, 1.165) is 5.57 Å². The minimum absolute atomic E-state index is 0.139. The van der Waals surface area contributed by atoms with Crippen LogP contribution in [0, 0.1) is 0 Å². The third kappa shape index (κ3) is 5.21. The Hall–Kier alpha value is -0.0900. The van der Waals surface area contributed by atoms with E-state index in [2.05, 4.69) is 25.3 Å². The molecule has 0 fully saturated rings. The molecule has 0 aliphatic carbocycles. The van der Waals surface area contributed by atoms with Crippen LogP contribution in [0.15, 0.2) is 11.6 Å². The quantitative estimate of drug-likeness (QED) is 0.362. The Morgan fingerprint density at radius 3 is 2.36 bits per heavy atom. The van der Waals surface area contributed by atoms with Crippen LogP contribution in [0.25, 0.3) is 0 Å². The number of allylic oxidation sites excluding steroid dienone is 1. The van der Waals surface area contributed by atoms with Crippen molar-refractivity contribution in [2.24, 2.45) is 0 Å². The monoisotopic (exact) mass is 192 g/mol. The van der Waals surface area contributed by atoms with E-state index < -0.39 is 5.97 Å². The van der Waals surface area contributed by atoms with Crippen molar-refractivity contribution in [3.63, 3.8) is 0 Å². The smallest absolute Gasteiger partial charge is 0.303 e.